The molecular formula is C23H23N3O4. The number of carbonyl (C=O) groups is 2. The van der Waals surface area contributed by atoms with Crippen molar-refractivity contribution in [2.45, 2.75) is 27.0 Å². The third-order valence-electron chi connectivity index (χ3n) is 4.59. The molecule has 0 fully saturated rings. The molecule has 0 bridgehead atoms. The van der Waals surface area contributed by atoms with Gasteiger partial charge in [0, 0.05) is 23.0 Å². The maximum atomic E-state index is 12.4. The second kappa shape index (κ2) is 9.09. The number of rotatable bonds is 7. The molecule has 1 aromatic heterocycles. The van der Waals surface area contributed by atoms with Gasteiger partial charge in [0.05, 0.1) is 6.20 Å². The Hall–Kier alpha value is -3.87. The average molecular weight is 405 g/mol. The maximum Gasteiger partial charge on any atom is 0.248 e. The number of hydrogen-bond donors (Lipinski definition) is 2. The average Bonchev–Trinajstić information content (AvgIpc) is 2.70. The van der Waals surface area contributed by atoms with Crippen molar-refractivity contribution in [2.24, 2.45) is 5.73 Å². The molecule has 7 heteroatoms. The van der Waals surface area contributed by atoms with Gasteiger partial charge in [0.25, 0.3) is 0 Å². The van der Waals surface area contributed by atoms with E-state index in [4.69, 9.17) is 10.5 Å². The summed E-state index contributed by atoms with van der Waals surface area (Å²) < 4.78 is 7.34. The Kier molecular flexibility index (Phi) is 6.32. The second-order valence-corrected chi connectivity index (χ2v) is 7.04. The first kappa shape index (κ1) is 20.9. The van der Waals surface area contributed by atoms with Gasteiger partial charge in [0.15, 0.2) is 5.75 Å². The summed E-state index contributed by atoms with van der Waals surface area (Å²) in [6.45, 7) is 4.02. The molecule has 0 saturated heterocycles. The highest BCUT2D eigenvalue weighted by atomic mass is 16.5. The fraction of sp³-hybridized carbons (Fsp3) is 0.174. The Morgan fingerprint density at radius 2 is 1.70 bits per heavy atom. The Labute approximate surface area is 174 Å². The normalized spacial score (nSPS) is 10.5. The first-order valence-corrected chi connectivity index (χ1v) is 9.41. The van der Waals surface area contributed by atoms with Crippen LogP contribution in [0.25, 0.3) is 0 Å². The van der Waals surface area contributed by atoms with Crippen LogP contribution in [0.5, 0.6) is 5.75 Å². The lowest BCUT2D eigenvalue weighted by molar-refractivity contribution is -0.116. The highest BCUT2D eigenvalue weighted by Crippen LogP contribution is 2.12. The first-order valence-electron chi connectivity index (χ1n) is 9.41. The Morgan fingerprint density at radius 3 is 2.33 bits per heavy atom. The second-order valence-electron chi connectivity index (χ2n) is 7.04. The van der Waals surface area contributed by atoms with Crippen LogP contribution in [-0.4, -0.2) is 16.4 Å². The molecule has 0 aliphatic carbocycles. The molecule has 2 aromatic carbocycles. The molecule has 7 nitrogen and oxygen atoms in total. The molecule has 1 heterocycles. The molecule has 2 amide bonds. The Balaban J connectivity index is 1.68. The van der Waals surface area contributed by atoms with Gasteiger partial charge in [-0.25, -0.2) is 0 Å². The van der Waals surface area contributed by atoms with Crippen molar-refractivity contribution in [1.82, 2.24) is 4.57 Å². The number of aromatic nitrogens is 1. The predicted molar refractivity (Wildman–Crippen MR) is 115 cm³/mol. The van der Waals surface area contributed by atoms with E-state index < -0.39 is 5.91 Å². The van der Waals surface area contributed by atoms with Crippen molar-refractivity contribution in [3.8, 4) is 5.75 Å². The predicted octanol–water partition coefficient (Wildman–Crippen LogP) is 2.78. The summed E-state index contributed by atoms with van der Waals surface area (Å²) in [4.78, 5) is 35.8. The molecule has 30 heavy (non-hydrogen) atoms. The largest absolute Gasteiger partial charge is 0.483 e. The number of nitrogens with zero attached hydrogens (tertiary/aromatic N) is 1. The summed E-state index contributed by atoms with van der Waals surface area (Å²) in [5.74, 6) is -0.632. The molecule has 0 spiro atoms. The smallest absolute Gasteiger partial charge is 0.248 e. The molecule has 3 rings (SSSR count). The number of pyridine rings is 1. The monoisotopic (exact) mass is 405 g/mol. The quantitative estimate of drug-likeness (QED) is 0.631. The van der Waals surface area contributed by atoms with Crippen LogP contribution in [0.1, 0.15) is 27.2 Å². The summed E-state index contributed by atoms with van der Waals surface area (Å²) >= 11 is 0. The van der Waals surface area contributed by atoms with Gasteiger partial charge in [-0.3, -0.25) is 14.4 Å². The molecule has 0 aliphatic rings. The molecular weight excluding hydrogens is 382 g/mol. The van der Waals surface area contributed by atoms with Crippen LogP contribution >= 0.6 is 0 Å². The zero-order valence-corrected chi connectivity index (χ0v) is 16.8. The number of hydrogen-bond acceptors (Lipinski definition) is 4. The van der Waals surface area contributed by atoms with Gasteiger partial charge in [-0.1, -0.05) is 29.8 Å². The zero-order chi connectivity index (χ0) is 21.7. The standard InChI is InChI=1S/C23H23N3O4/c1-15-3-5-17(6-4-15)14-30-21-12-26(16(2)11-20(21)27)13-22(28)25-19-9-7-18(8-10-19)23(24)29/h3-12H,13-14H2,1-2H3,(H2,24,29)(H,25,28). The van der Waals surface area contributed by atoms with Crippen LogP contribution in [0.2, 0.25) is 0 Å². The minimum Gasteiger partial charge on any atom is -0.483 e. The topological polar surface area (TPSA) is 103 Å². The first-order chi connectivity index (χ1) is 14.3. The van der Waals surface area contributed by atoms with Gasteiger partial charge >= 0.3 is 0 Å². The molecule has 0 radical (unpaired) electrons. The third kappa shape index (κ3) is 5.35. The van der Waals surface area contributed by atoms with Gasteiger partial charge in [-0.15, -0.1) is 0 Å². The van der Waals surface area contributed by atoms with E-state index in [-0.39, 0.29) is 30.2 Å². The minimum absolute atomic E-state index is 0.00454. The Morgan fingerprint density at radius 1 is 1.03 bits per heavy atom. The van der Waals surface area contributed by atoms with E-state index in [1.165, 1.54) is 6.07 Å². The van der Waals surface area contributed by atoms with Gasteiger partial charge in [0.2, 0.25) is 17.2 Å². The van der Waals surface area contributed by atoms with Crippen LogP contribution in [0.3, 0.4) is 0 Å². The molecule has 0 saturated carbocycles. The van der Waals surface area contributed by atoms with E-state index in [1.54, 1.807) is 42.0 Å². The van der Waals surface area contributed by atoms with E-state index in [1.807, 2.05) is 31.2 Å². The molecule has 0 atom stereocenters. The van der Waals surface area contributed by atoms with Gasteiger partial charge in [-0.05, 0) is 43.7 Å². The van der Waals surface area contributed by atoms with Crippen LogP contribution in [-0.2, 0) is 17.9 Å². The maximum absolute atomic E-state index is 12.4. The van der Waals surface area contributed by atoms with Crippen molar-refractivity contribution < 1.29 is 14.3 Å². The fourth-order valence-corrected chi connectivity index (χ4v) is 2.85. The fourth-order valence-electron chi connectivity index (χ4n) is 2.85. The summed E-state index contributed by atoms with van der Waals surface area (Å²) in [6.07, 6.45) is 1.54. The van der Waals surface area contributed by atoms with Crippen molar-refractivity contribution in [2.75, 3.05) is 5.32 Å². The molecule has 3 aromatic rings. The minimum atomic E-state index is -0.532. The number of ether oxygens (including phenoxy) is 1. The molecule has 0 unspecified atom stereocenters. The summed E-state index contributed by atoms with van der Waals surface area (Å²) in [5.41, 5.74) is 8.61. The molecule has 0 aliphatic heterocycles. The van der Waals surface area contributed by atoms with Crippen LogP contribution < -0.4 is 21.2 Å². The van der Waals surface area contributed by atoms with Crippen molar-refractivity contribution >= 4 is 17.5 Å². The van der Waals surface area contributed by atoms with E-state index in [9.17, 15) is 14.4 Å². The highest BCUT2D eigenvalue weighted by molar-refractivity contribution is 5.94. The van der Waals surface area contributed by atoms with Gasteiger partial charge in [0.1, 0.15) is 13.2 Å². The third-order valence-corrected chi connectivity index (χ3v) is 4.59. The number of nitrogens with one attached hydrogen (secondary N) is 1. The lowest BCUT2D eigenvalue weighted by Gasteiger charge is -2.14. The van der Waals surface area contributed by atoms with Gasteiger partial charge < -0.3 is 20.4 Å². The Bertz CT molecular complexity index is 1120. The summed E-state index contributed by atoms with van der Waals surface area (Å²) in [6, 6.07) is 15.6. The lowest BCUT2D eigenvalue weighted by atomic mass is 10.2. The van der Waals surface area contributed by atoms with Crippen LogP contribution in [0.4, 0.5) is 5.69 Å². The number of anilines is 1. The lowest BCUT2D eigenvalue weighted by Crippen LogP contribution is -2.22. The molecule has 154 valence electrons. The van der Waals surface area contributed by atoms with E-state index in [0.717, 1.165) is 11.1 Å². The number of amides is 2. The van der Waals surface area contributed by atoms with Gasteiger partial charge in [-0.2, -0.15) is 0 Å². The number of carbonyl (C=O) groups excluding carboxylic acids is 2. The van der Waals surface area contributed by atoms with Crippen molar-refractivity contribution in [3.63, 3.8) is 0 Å². The number of aryl methyl sites for hydroxylation is 2. The van der Waals surface area contributed by atoms with E-state index >= 15 is 0 Å². The summed E-state index contributed by atoms with van der Waals surface area (Å²) in [7, 11) is 0. The SMILES string of the molecule is Cc1ccc(COc2cn(CC(=O)Nc3ccc(C(N)=O)cc3)c(C)cc2=O)cc1. The number of nitrogens with two attached hydrogens (primary N) is 1. The number of primary amides is 1. The van der Waals surface area contributed by atoms with Crippen molar-refractivity contribution in [1.29, 1.82) is 0 Å². The highest BCUT2D eigenvalue weighted by Gasteiger charge is 2.10. The van der Waals surface area contributed by atoms with Crippen LogP contribution in [0, 0.1) is 13.8 Å². The number of benzene rings is 2. The zero-order valence-electron chi connectivity index (χ0n) is 16.8. The molecule has 3 N–H and O–H groups in total. The van der Waals surface area contributed by atoms with Crippen LogP contribution in [0.15, 0.2) is 65.6 Å². The van der Waals surface area contributed by atoms with Crippen molar-refractivity contribution in [3.05, 3.63) is 93.4 Å². The van der Waals surface area contributed by atoms with E-state index in [2.05, 4.69) is 5.32 Å². The van der Waals surface area contributed by atoms with E-state index in [0.29, 0.717) is 16.9 Å². The summed E-state index contributed by atoms with van der Waals surface area (Å²) in [5, 5.41) is 2.75.